The van der Waals surface area contributed by atoms with Crippen molar-refractivity contribution in [1.29, 1.82) is 0 Å². The largest absolute Gasteiger partial charge is 0.422 e. The molecule has 4 rings (SSSR count). The van der Waals surface area contributed by atoms with Crippen LogP contribution >= 0.6 is 0 Å². The molecule has 0 aliphatic rings. The summed E-state index contributed by atoms with van der Waals surface area (Å²) < 4.78 is 67.6. The number of ether oxygens (including phenoxy) is 1. The third-order valence-electron chi connectivity index (χ3n) is 4.92. The maximum absolute atomic E-state index is 14.9. The number of halogens is 2. The van der Waals surface area contributed by atoms with Gasteiger partial charge in [-0.2, -0.15) is 8.42 Å². The van der Waals surface area contributed by atoms with E-state index in [4.69, 9.17) is 9.15 Å². The highest BCUT2D eigenvalue weighted by Crippen LogP contribution is 2.30. The summed E-state index contributed by atoms with van der Waals surface area (Å²) in [5.41, 5.74) is -0.302. The Morgan fingerprint density at radius 3 is 2.56 bits per heavy atom. The Balaban J connectivity index is 1.72. The Morgan fingerprint density at radius 2 is 1.85 bits per heavy atom. The number of nitrogens with one attached hydrogen (secondary N) is 2. The molecule has 3 heterocycles. The van der Waals surface area contributed by atoms with Crippen LogP contribution in [0.25, 0.3) is 11.0 Å². The lowest BCUT2D eigenvalue weighted by Gasteiger charge is -2.12. The molecule has 34 heavy (non-hydrogen) atoms. The van der Waals surface area contributed by atoms with Crippen molar-refractivity contribution in [2.24, 2.45) is 0 Å². The van der Waals surface area contributed by atoms with Gasteiger partial charge in [-0.1, -0.05) is 0 Å². The van der Waals surface area contributed by atoms with Gasteiger partial charge in [0.2, 0.25) is 0 Å². The second kappa shape index (κ2) is 9.11. The van der Waals surface area contributed by atoms with Crippen molar-refractivity contribution in [3.8, 4) is 11.8 Å². The number of aryl methyl sites for hydroxylation is 1. The van der Waals surface area contributed by atoms with Crippen LogP contribution in [0, 0.1) is 18.6 Å². The summed E-state index contributed by atoms with van der Waals surface area (Å²) in [4.78, 5) is 24.1. The summed E-state index contributed by atoms with van der Waals surface area (Å²) in [6, 6.07) is 5.11. The molecule has 4 aromatic rings. The van der Waals surface area contributed by atoms with Crippen molar-refractivity contribution in [3.05, 3.63) is 81.6 Å². The summed E-state index contributed by atoms with van der Waals surface area (Å²) in [6.45, 7) is 1.57. The monoisotopic (exact) mass is 489 g/mol. The van der Waals surface area contributed by atoms with Crippen molar-refractivity contribution in [2.75, 3.05) is 11.8 Å². The third kappa shape index (κ3) is 4.70. The molecule has 1 aromatic carbocycles. The SMILES string of the molecule is CNS(=O)(=O)Nc1nccc(Cc2c(C)c3cc(F)c(Oc4ncccn4)cc3oc2=O)c1F. The number of fused-ring (bicyclic) bond motifs is 1. The molecule has 2 N–H and O–H groups in total. The maximum atomic E-state index is 14.9. The van der Waals surface area contributed by atoms with Crippen LogP contribution in [0.4, 0.5) is 14.6 Å². The highest BCUT2D eigenvalue weighted by atomic mass is 32.2. The lowest BCUT2D eigenvalue weighted by atomic mass is 9.99. The van der Waals surface area contributed by atoms with Crippen LogP contribution in [-0.4, -0.2) is 30.4 Å². The van der Waals surface area contributed by atoms with Crippen molar-refractivity contribution >= 4 is 27.0 Å². The van der Waals surface area contributed by atoms with E-state index in [1.807, 2.05) is 9.44 Å². The fourth-order valence-electron chi connectivity index (χ4n) is 3.17. The number of aromatic nitrogens is 3. The number of hydrogen-bond donors (Lipinski definition) is 2. The van der Waals surface area contributed by atoms with Gasteiger partial charge in [-0.25, -0.2) is 33.2 Å². The summed E-state index contributed by atoms with van der Waals surface area (Å²) in [6.07, 6.45) is 3.79. The normalized spacial score (nSPS) is 11.5. The van der Waals surface area contributed by atoms with Gasteiger partial charge in [-0.05, 0) is 36.2 Å². The van der Waals surface area contributed by atoms with E-state index in [1.54, 1.807) is 13.0 Å². The molecule has 176 valence electrons. The minimum Gasteiger partial charge on any atom is -0.422 e. The van der Waals surface area contributed by atoms with Crippen LogP contribution < -0.4 is 19.8 Å². The summed E-state index contributed by atoms with van der Waals surface area (Å²) >= 11 is 0. The Kier molecular flexibility index (Phi) is 6.22. The molecule has 0 atom stereocenters. The van der Waals surface area contributed by atoms with Gasteiger partial charge in [-0.3, -0.25) is 4.72 Å². The average molecular weight is 489 g/mol. The van der Waals surface area contributed by atoms with Gasteiger partial charge >= 0.3 is 11.6 Å². The zero-order valence-corrected chi connectivity index (χ0v) is 18.6. The fourth-order valence-corrected chi connectivity index (χ4v) is 3.67. The van der Waals surface area contributed by atoms with Crippen LogP contribution in [-0.2, 0) is 16.6 Å². The molecule has 0 spiro atoms. The number of pyridine rings is 1. The zero-order chi connectivity index (χ0) is 24.5. The highest BCUT2D eigenvalue weighted by Gasteiger charge is 2.20. The Labute approximate surface area is 191 Å². The van der Waals surface area contributed by atoms with Gasteiger partial charge in [0.25, 0.3) is 10.2 Å². The van der Waals surface area contributed by atoms with Crippen molar-refractivity contribution < 1.29 is 26.4 Å². The van der Waals surface area contributed by atoms with Crippen molar-refractivity contribution in [3.63, 3.8) is 0 Å². The quantitative estimate of drug-likeness (QED) is 0.378. The molecular formula is C21H17F2N5O5S. The minimum absolute atomic E-state index is 0.0137. The molecule has 0 radical (unpaired) electrons. The molecule has 0 bridgehead atoms. The van der Waals surface area contributed by atoms with Gasteiger partial charge in [0.15, 0.2) is 23.2 Å². The first-order valence-corrected chi connectivity index (χ1v) is 11.2. The molecule has 0 unspecified atom stereocenters. The Bertz CT molecular complexity index is 1550. The number of benzene rings is 1. The van der Waals surface area contributed by atoms with Gasteiger partial charge < -0.3 is 9.15 Å². The van der Waals surface area contributed by atoms with E-state index in [0.717, 1.165) is 13.1 Å². The smallest absolute Gasteiger partial charge is 0.340 e. The van der Waals surface area contributed by atoms with Crippen LogP contribution in [0.2, 0.25) is 0 Å². The van der Waals surface area contributed by atoms with Gasteiger partial charge in [0.1, 0.15) is 5.58 Å². The lowest BCUT2D eigenvalue weighted by molar-refractivity contribution is 0.410. The first-order valence-electron chi connectivity index (χ1n) is 9.74. The topological polar surface area (TPSA) is 136 Å². The van der Waals surface area contributed by atoms with Crippen LogP contribution in [0.15, 0.2) is 52.1 Å². The van der Waals surface area contributed by atoms with E-state index in [0.29, 0.717) is 5.56 Å². The third-order valence-corrected chi connectivity index (χ3v) is 5.92. The van der Waals surface area contributed by atoms with E-state index in [1.165, 1.54) is 30.7 Å². The van der Waals surface area contributed by atoms with Gasteiger partial charge in [0, 0.05) is 49.1 Å². The molecule has 0 fully saturated rings. The fraction of sp³-hybridized carbons (Fsp3) is 0.143. The zero-order valence-electron chi connectivity index (χ0n) is 17.8. The number of rotatable bonds is 7. The maximum Gasteiger partial charge on any atom is 0.340 e. The summed E-state index contributed by atoms with van der Waals surface area (Å²) in [5, 5.41) is 0.277. The molecule has 3 aromatic heterocycles. The molecule has 0 amide bonds. The second-order valence-corrected chi connectivity index (χ2v) is 8.64. The van der Waals surface area contributed by atoms with E-state index in [9.17, 15) is 22.0 Å². The molecule has 0 aliphatic heterocycles. The van der Waals surface area contributed by atoms with Crippen LogP contribution in [0.5, 0.6) is 11.8 Å². The van der Waals surface area contributed by atoms with Gasteiger partial charge in [-0.15, -0.1) is 0 Å². The van der Waals surface area contributed by atoms with Gasteiger partial charge in [0.05, 0.1) is 0 Å². The number of hydrogen-bond acceptors (Lipinski definition) is 8. The second-order valence-electron chi connectivity index (χ2n) is 7.02. The molecular weight excluding hydrogens is 472 g/mol. The standard InChI is InChI=1S/C21H17F2N5O5S/c1-11-13-9-15(22)17(33-21-26-5-3-6-27-21)10-16(13)32-20(29)14(11)8-12-4-7-25-19(18(12)23)28-34(30,31)24-2/h3-7,9-10,24H,8H2,1-2H3,(H,25,28). The predicted octanol–water partition coefficient (Wildman–Crippen LogP) is 2.82. The summed E-state index contributed by atoms with van der Waals surface area (Å²) in [5.74, 6) is -2.49. The summed E-state index contributed by atoms with van der Waals surface area (Å²) in [7, 11) is -2.86. The predicted molar refractivity (Wildman–Crippen MR) is 118 cm³/mol. The number of nitrogens with zero attached hydrogens (tertiary/aromatic N) is 3. The van der Waals surface area contributed by atoms with E-state index in [2.05, 4.69) is 15.0 Å². The molecule has 13 heteroatoms. The lowest BCUT2D eigenvalue weighted by Crippen LogP contribution is -2.27. The molecule has 0 saturated carbocycles. The molecule has 0 saturated heterocycles. The highest BCUT2D eigenvalue weighted by molar-refractivity contribution is 7.90. The Morgan fingerprint density at radius 1 is 1.12 bits per heavy atom. The van der Waals surface area contributed by atoms with E-state index < -0.39 is 33.3 Å². The van der Waals surface area contributed by atoms with Crippen LogP contribution in [0.1, 0.15) is 16.7 Å². The Hall–Kier alpha value is -3.97. The first-order chi connectivity index (χ1) is 16.2. The van der Waals surface area contributed by atoms with Crippen molar-refractivity contribution in [2.45, 2.75) is 13.3 Å². The first kappa shape index (κ1) is 23.2. The number of anilines is 1. The molecule has 10 nitrogen and oxygen atoms in total. The van der Waals surface area contributed by atoms with Crippen LogP contribution in [0.3, 0.4) is 0 Å². The molecule has 0 aliphatic carbocycles. The van der Waals surface area contributed by atoms with E-state index in [-0.39, 0.29) is 40.3 Å². The van der Waals surface area contributed by atoms with Crippen molar-refractivity contribution in [1.82, 2.24) is 19.7 Å². The average Bonchev–Trinajstić information content (AvgIpc) is 2.81. The van der Waals surface area contributed by atoms with E-state index >= 15 is 0 Å². The minimum atomic E-state index is -4.01.